The normalized spacial score (nSPS) is 22.1. The molecule has 2 saturated heterocycles. The molecule has 1 unspecified atom stereocenters. The number of hydrogen-bond acceptors (Lipinski definition) is 7. The molecule has 4 rings (SSSR count). The molecule has 0 aromatic heterocycles. The molecule has 1 aromatic carbocycles. The SMILES string of the molecule is O=C(O)COC1CCN(C(=O)C2CC(c3ccc(/C=N/N4CCCCC4)cc3)=NO2)CC1. The van der Waals surface area contributed by atoms with Crippen LogP contribution in [0.3, 0.4) is 0 Å². The van der Waals surface area contributed by atoms with Gasteiger partial charge in [-0.1, -0.05) is 29.4 Å². The van der Waals surface area contributed by atoms with Crippen molar-refractivity contribution in [3.8, 4) is 0 Å². The summed E-state index contributed by atoms with van der Waals surface area (Å²) in [6, 6.07) is 7.97. The standard InChI is InChI=1S/C23H30N4O5/c28-22(29)16-31-19-8-12-26(13-9-19)23(30)21-14-20(25-32-21)18-6-4-17(5-7-18)15-24-27-10-2-1-3-11-27/h4-7,15,19,21H,1-3,8-14,16H2,(H,28,29)/b24-15+. The number of carboxylic acids is 1. The average Bonchev–Trinajstić information content (AvgIpc) is 3.33. The summed E-state index contributed by atoms with van der Waals surface area (Å²) < 4.78 is 5.33. The van der Waals surface area contributed by atoms with Crippen molar-refractivity contribution in [3.05, 3.63) is 35.4 Å². The summed E-state index contributed by atoms with van der Waals surface area (Å²) in [4.78, 5) is 30.6. The van der Waals surface area contributed by atoms with Crippen LogP contribution in [0.25, 0.3) is 0 Å². The van der Waals surface area contributed by atoms with Crippen molar-refractivity contribution in [2.45, 2.75) is 50.7 Å². The minimum Gasteiger partial charge on any atom is -0.480 e. The molecule has 3 aliphatic rings. The second-order valence-electron chi connectivity index (χ2n) is 8.45. The molecule has 1 atom stereocenters. The molecular formula is C23H30N4O5. The van der Waals surface area contributed by atoms with Crippen LogP contribution in [0.15, 0.2) is 34.5 Å². The third-order valence-corrected chi connectivity index (χ3v) is 6.09. The Labute approximate surface area is 187 Å². The molecule has 0 bridgehead atoms. The number of oxime groups is 1. The first-order valence-electron chi connectivity index (χ1n) is 11.3. The molecule has 1 amide bonds. The Balaban J connectivity index is 1.24. The van der Waals surface area contributed by atoms with E-state index >= 15 is 0 Å². The highest BCUT2D eigenvalue weighted by atomic mass is 16.6. The summed E-state index contributed by atoms with van der Waals surface area (Å²) in [5, 5.41) is 19.5. The minimum absolute atomic E-state index is 0.0780. The lowest BCUT2D eigenvalue weighted by Crippen LogP contribution is -2.45. The fraction of sp³-hybridized carbons (Fsp3) is 0.565. The number of aliphatic carboxylic acids is 1. The number of carboxylic acid groups (broad SMARTS) is 1. The highest BCUT2D eigenvalue weighted by molar-refractivity contribution is 6.04. The van der Waals surface area contributed by atoms with Gasteiger partial charge < -0.3 is 19.6 Å². The van der Waals surface area contributed by atoms with Gasteiger partial charge in [-0.3, -0.25) is 9.80 Å². The van der Waals surface area contributed by atoms with Gasteiger partial charge in [0.25, 0.3) is 5.91 Å². The first-order chi connectivity index (χ1) is 15.6. The number of nitrogens with zero attached hydrogens (tertiary/aromatic N) is 4. The van der Waals surface area contributed by atoms with Crippen LogP contribution in [0.4, 0.5) is 0 Å². The van der Waals surface area contributed by atoms with E-state index in [1.54, 1.807) is 4.90 Å². The van der Waals surface area contributed by atoms with Gasteiger partial charge >= 0.3 is 5.97 Å². The molecule has 32 heavy (non-hydrogen) atoms. The van der Waals surface area contributed by atoms with E-state index in [0.29, 0.717) is 32.4 Å². The molecule has 3 heterocycles. The number of carbonyl (C=O) groups excluding carboxylic acids is 1. The number of hydrazone groups is 1. The van der Waals surface area contributed by atoms with Crippen LogP contribution in [-0.4, -0.2) is 83.8 Å². The Bertz CT molecular complexity index is 856. The fourth-order valence-corrected chi connectivity index (χ4v) is 4.22. The summed E-state index contributed by atoms with van der Waals surface area (Å²) in [5.74, 6) is -1.06. The van der Waals surface area contributed by atoms with Gasteiger partial charge in [-0.2, -0.15) is 5.10 Å². The van der Waals surface area contributed by atoms with Gasteiger partial charge in [-0.25, -0.2) is 4.79 Å². The molecule has 9 heteroatoms. The summed E-state index contributed by atoms with van der Waals surface area (Å²) in [7, 11) is 0. The molecule has 172 valence electrons. The molecule has 1 N–H and O–H groups in total. The zero-order chi connectivity index (χ0) is 22.3. The average molecular weight is 443 g/mol. The van der Waals surface area contributed by atoms with Gasteiger partial charge in [-0.05, 0) is 43.2 Å². The van der Waals surface area contributed by atoms with Crippen molar-refractivity contribution in [2.24, 2.45) is 10.3 Å². The molecule has 0 aliphatic carbocycles. The summed E-state index contributed by atoms with van der Waals surface area (Å²) >= 11 is 0. The molecule has 3 aliphatic heterocycles. The quantitative estimate of drug-likeness (QED) is 0.649. The molecule has 0 saturated carbocycles. The molecule has 9 nitrogen and oxygen atoms in total. The van der Waals surface area contributed by atoms with E-state index in [2.05, 4.69) is 15.3 Å². The number of piperidine rings is 2. The van der Waals surface area contributed by atoms with Crippen LogP contribution in [0.5, 0.6) is 0 Å². The zero-order valence-electron chi connectivity index (χ0n) is 18.2. The van der Waals surface area contributed by atoms with Crippen LogP contribution >= 0.6 is 0 Å². The minimum atomic E-state index is -0.977. The monoisotopic (exact) mass is 442 g/mol. The molecule has 2 fully saturated rings. The maximum Gasteiger partial charge on any atom is 0.329 e. The van der Waals surface area contributed by atoms with Crippen molar-refractivity contribution in [3.63, 3.8) is 0 Å². The van der Waals surface area contributed by atoms with Crippen molar-refractivity contribution in [1.29, 1.82) is 0 Å². The Kier molecular flexibility index (Phi) is 7.36. The van der Waals surface area contributed by atoms with E-state index < -0.39 is 12.1 Å². The van der Waals surface area contributed by atoms with Crippen LogP contribution in [0, 0.1) is 0 Å². The number of rotatable bonds is 7. The van der Waals surface area contributed by atoms with Gasteiger partial charge in [-0.15, -0.1) is 0 Å². The van der Waals surface area contributed by atoms with E-state index in [1.165, 1.54) is 19.3 Å². The summed E-state index contributed by atoms with van der Waals surface area (Å²) in [5.41, 5.74) is 2.73. The van der Waals surface area contributed by atoms with Crippen LogP contribution in [0.1, 0.15) is 49.7 Å². The zero-order valence-corrected chi connectivity index (χ0v) is 18.2. The van der Waals surface area contributed by atoms with Gasteiger partial charge in [0.05, 0.1) is 18.0 Å². The van der Waals surface area contributed by atoms with E-state index in [9.17, 15) is 9.59 Å². The first kappa shape index (κ1) is 22.3. The van der Waals surface area contributed by atoms with Crippen LogP contribution < -0.4 is 0 Å². The predicted molar refractivity (Wildman–Crippen MR) is 119 cm³/mol. The summed E-state index contributed by atoms with van der Waals surface area (Å²) in [6.07, 6.45) is 6.53. The number of amides is 1. The van der Waals surface area contributed by atoms with Gasteiger partial charge in [0.1, 0.15) is 6.61 Å². The van der Waals surface area contributed by atoms with Gasteiger partial charge in [0, 0.05) is 32.6 Å². The number of ether oxygens (including phenoxy) is 1. The lowest BCUT2D eigenvalue weighted by Gasteiger charge is -2.32. The third kappa shape index (κ3) is 5.85. The Hall–Kier alpha value is -2.94. The number of carbonyl (C=O) groups is 2. The number of benzene rings is 1. The Morgan fingerprint density at radius 2 is 1.84 bits per heavy atom. The lowest BCUT2D eigenvalue weighted by atomic mass is 10.0. The van der Waals surface area contributed by atoms with E-state index in [-0.39, 0.29) is 18.6 Å². The highest BCUT2D eigenvalue weighted by Crippen LogP contribution is 2.22. The van der Waals surface area contributed by atoms with Crippen molar-refractivity contribution in [1.82, 2.24) is 9.91 Å². The second-order valence-corrected chi connectivity index (χ2v) is 8.45. The van der Waals surface area contributed by atoms with E-state index in [4.69, 9.17) is 14.7 Å². The van der Waals surface area contributed by atoms with Crippen molar-refractivity contribution in [2.75, 3.05) is 32.8 Å². The second kappa shape index (κ2) is 10.6. The smallest absolute Gasteiger partial charge is 0.329 e. The van der Waals surface area contributed by atoms with Gasteiger partial charge in [0.15, 0.2) is 0 Å². The predicted octanol–water partition coefficient (Wildman–Crippen LogP) is 2.09. The van der Waals surface area contributed by atoms with E-state index in [1.807, 2.05) is 30.5 Å². The Morgan fingerprint density at radius 3 is 2.53 bits per heavy atom. The molecule has 0 spiro atoms. The summed E-state index contributed by atoms with van der Waals surface area (Å²) in [6.45, 7) is 2.80. The largest absolute Gasteiger partial charge is 0.480 e. The van der Waals surface area contributed by atoms with Crippen molar-refractivity contribution >= 4 is 23.8 Å². The van der Waals surface area contributed by atoms with E-state index in [0.717, 1.165) is 29.9 Å². The molecule has 0 radical (unpaired) electrons. The third-order valence-electron chi connectivity index (χ3n) is 6.09. The number of likely N-dealkylation sites (tertiary alicyclic amines) is 1. The maximum atomic E-state index is 12.8. The highest BCUT2D eigenvalue weighted by Gasteiger charge is 2.34. The van der Waals surface area contributed by atoms with Crippen LogP contribution in [-0.2, 0) is 19.2 Å². The number of hydrogen-bond donors (Lipinski definition) is 1. The lowest BCUT2D eigenvalue weighted by molar-refractivity contribution is -0.149. The van der Waals surface area contributed by atoms with Crippen molar-refractivity contribution < 1.29 is 24.3 Å². The molecule has 1 aromatic rings. The molecular weight excluding hydrogens is 412 g/mol. The van der Waals surface area contributed by atoms with Crippen LogP contribution in [0.2, 0.25) is 0 Å². The Morgan fingerprint density at radius 1 is 1.12 bits per heavy atom. The fourth-order valence-electron chi connectivity index (χ4n) is 4.22. The maximum absolute atomic E-state index is 12.8. The van der Waals surface area contributed by atoms with Gasteiger partial charge in [0.2, 0.25) is 6.10 Å². The first-order valence-corrected chi connectivity index (χ1v) is 11.3. The topological polar surface area (TPSA) is 104 Å².